The van der Waals surface area contributed by atoms with Gasteiger partial charge in [-0.05, 0) is 62.6 Å². The van der Waals surface area contributed by atoms with Gasteiger partial charge in [-0.15, -0.1) is 0 Å². The van der Waals surface area contributed by atoms with E-state index < -0.39 is 0 Å². The molecule has 0 spiro atoms. The largest absolute Gasteiger partial charge is 0.314 e. The van der Waals surface area contributed by atoms with E-state index in [2.05, 4.69) is 5.32 Å². The van der Waals surface area contributed by atoms with Crippen LogP contribution < -0.4 is 5.32 Å². The van der Waals surface area contributed by atoms with Crippen LogP contribution in [0.1, 0.15) is 42.7 Å². The number of aryl methyl sites for hydroxylation is 1. The quantitative estimate of drug-likeness (QED) is 0.863. The highest BCUT2D eigenvalue weighted by Crippen LogP contribution is 2.44. The van der Waals surface area contributed by atoms with E-state index in [9.17, 15) is 8.78 Å². The van der Waals surface area contributed by atoms with Crippen LogP contribution in [-0.4, -0.2) is 12.6 Å². The Morgan fingerprint density at radius 2 is 1.94 bits per heavy atom. The molecule has 1 aromatic carbocycles. The molecule has 18 heavy (non-hydrogen) atoms. The van der Waals surface area contributed by atoms with Crippen LogP contribution >= 0.6 is 0 Å². The molecule has 2 saturated carbocycles. The van der Waals surface area contributed by atoms with Crippen LogP contribution in [0.5, 0.6) is 0 Å². The SMILES string of the molecule is Cc1ccc(F)c(C2CCC2CNC2CC2)c1F. The summed E-state index contributed by atoms with van der Waals surface area (Å²) in [5.41, 5.74) is 0.871. The topological polar surface area (TPSA) is 12.0 Å². The van der Waals surface area contributed by atoms with Crippen molar-refractivity contribution < 1.29 is 8.78 Å². The highest BCUT2D eigenvalue weighted by Gasteiger charge is 2.36. The number of hydrogen-bond donors (Lipinski definition) is 1. The lowest BCUT2D eigenvalue weighted by molar-refractivity contribution is 0.234. The van der Waals surface area contributed by atoms with Crippen LogP contribution in [0.15, 0.2) is 12.1 Å². The number of hydrogen-bond acceptors (Lipinski definition) is 1. The molecule has 98 valence electrons. The summed E-state index contributed by atoms with van der Waals surface area (Å²) in [4.78, 5) is 0. The Balaban J connectivity index is 1.75. The first-order valence-electron chi connectivity index (χ1n) is 6.84. The van der Waals surface area contributed by atoms with Gasteiger partial charge in [-0.1, -0.05) is 6.07 Å². The minimum absolute atomic E-state index is 0.0659. The lowest BCUT2D eigenvalue weighted by Crippen LogP contribution is -2.35. The van der Waals surface area contributed by atoms with E-state index in [1.807, 2.05) is 0 Å². The number of benzene rings is 1. The molecule has 0 bridgehead atoms. The third kappa shape index (κ3) is 2.16. The van der Waals surface area contributed by atoms with E-state index in [-0.39, 0.29) is 17.6 Å². The minimum atomic E-state index is -0.376. The fourth-order valence-electron chi connectivity index (χ4n) is 2.82. The van der Waals surface area contributed by atoms with Crippen molar-refractivity contribution in [3.05, 3.63) is 34.9 Å². The molecule has 3 rings (SSSR count). The number of rotatable bonds is 4. The molecule has 0 radical (unpaired) electrons. The second-order valence-electron chi connectivity index (χ2n) is 5.72. The van der Waals surface area contributed by atoms with Crippen LogP contribution in [0.2, 0.25) is 0 Å². The summed E-state index contributed by atoms with van der Waals surface area (Å²) in [6.07, 6.45) is 4.50. The molecular weight excluding hydrogens is 232 g/mol. The Labute approximate surface area is 107 Å². The van der Waals surface area contributed by atoms with E-state index in [1.54, 1.807) is 6.92 Å². The van der Waals surface area contributed by atoms with E-state index in [0.29, 0.717) is 23.1 Å². The average molecular weight is 251 g/mol. The van der Waals surface area contributed by atoms with Crippen molar-refractivity contribution in [1.29, 1.82) is 0 Å². The second kappa shape index (κ2) is 4.61. The molecule has 2 unspecified atom stereocenters. The normalized spacial score (nSPS) is 27.1. The molecule has 3 heteroatoms. The molecule has 1 nitrogen and oxygen atoms in total. The molecule has 0 aromatic heterocycles. The van der Waals surface area contributed by atoms with Gasteiger partial charge in [0.15, 0.2) is 0 Å². The van der Waals surface area contributed by atoms with Crippen molar-refractivity contribution in [2.45, 2.75) is 44.6 Å². The minimum Gasteiger partial charge on any atom is -0.314 e. The van der Waals surface area contributed by atoms with Crippen molar-refractivity contribution in [3.63, 3.8) is 0 Å². The van der Waals surface area contributed by atoms with Crippen LogP contribution in [-0.2, 0) is 0 Å². The zero-order chi connectivity index (χ0) is 12.7. The van der Waals surface area contributed by atoms with Crippen molar-refractivity contribution in [3.8, 4) is 0 Å². The van der Waals surface area contributed by atoms with E-state index in [4.69, 9.17) is 0 Å². The van der Waals surface area contributed by atoms with E-state index in [1.165, 1.54) is 25.0 Å². The van der Waals surface area contributed by atoms with Crippen molar-refractivity contribution in [2.24, 2.45) is 5.92 Å². The van der Waals surface area contributed by atoms with Crippen LogP contribution in [0.25, 0.3) is 0 Å². The Hall–Kier alpha value is -0.960. The maximum Gasteiger partial charge on any atom is 0.132 e. The van der Waals surface area contributed by atoms with Gasteiger partial charge >= 0.3 is 0 Å². The summed E-state index contributed by atoms with van der Waals surface area (Å²) >= 11 is 0. The molecule has 2 aliphatic rings. The Bertz CT molecular complexity index is 454. The molecule has 2 atom stereocenters. The molecule has 0 heterocycles. The van der Waals surface area contributed by atoms with Gasteiger partial charge in [0.25, 0.3) is 0 Å². The van der Waals surface area contributed by atoms with Crippen molar-refractivity contribution >= 4 is 0 Å². The van der Waals surface area contributed by atoms with Crippen molar-refractivity contribution in [1.82, 2.24) is 5.32 Å². The van der Waals surface area contributed by atoms with Gasteiger partial charge in [0.2, 0.25) is 0 Å². The highest BCUT2D eigenvalue weighted by molar-refractivity contribution is 5.31. The predicted octanol–water partition coefficient (Wildman–Crippen LogP) is 3.52. The fourth-order valence-corrected chi connectivity index (χ4v) is 2.82. The zero-order valence-electron chi connectivity index (χ0n) is 10.7. The lowest BCUT2D eigenvalue weighted by Gasteiger charge is -2.37. The Kier molecular flexibility index (Phi) is 3.10. The summed E-state index contributed by atoms with van der Waals surface area (Å²) in [5.74, 6) is -0.247. The van der Waals surface area contributed by atoms with Gasteiger partial charge < -0.3 is 5.32 Å². The maximum absolute atomic E-state index is 14.1. The monoisotopic (exact) mass is 251 g/mol. The molecule has 0 aliphatic heterocycles. The second-order valence-corrected chi connectivity index (χ2v) is 5.72. The third-order valence-electron chi connectivity index (χ3n) is 4.35. The van der Waals surface area contributed by atoms with Crippen LogP contribution in [0, 0.1) is 24.5 Å². The van der Waals surface area contributed by atoms with Gasteiger partial charge in [-0.2, -0.15) is 0 Å². The van der Waals surface area contributed by atoms with Gasteiger partial charge in [0.1, 0.15) is 11.6 Å². The summed E-state index contributed by atoms with van der Waals surface area (Å²) < 4.78 is 27.9. The smallest absolute Gasteiger partial charge is 0.132 e. The standard InChI is InChI=1S/C15H19F2N/c1-9-2-7-13(16)14(15(9)17)12-6-3-10(12)8-18-11-4-5-11/h2,7,10-12,18H,3-6,8H2,1H3. The van der Waals surface area contributed by atoms with Gasteiger partial charge in [0, 0.05) is 11.6 Å². The molecule has 0 amide bonds. The first-order valence-corrected chi connectivity index (χ1v) is 6.84. The van der Waals surface area contributed by atoms with Gasteiger partial charge in [-0.3, -0.25) is 0 Å². The molecule has 1 N–H and O–H groups in total. The van der Waals surface area contributed by atoms with E-state index >= 15 is 0 Å². The highest BCUT2D eigenvalue weighted by atomic mass is 19.1. The zero-order valence-corrected chi connectivity index (χ0v) is 10.7. The first-order chi connectivity index (χ1) is 8.66. The fraction of sp³-hybridized carbons (Fsp3) is 0.600. The first kappa shape index (κ1) is 12.1. The Morgan fingerprint density at radius 1 is 1.17 bits per heavy atom. The van der Waals surface area contributed by atoms with Crippen molar-refractivity contribution in [2.75, 3.05) is 6.54 Å². The summed E-state index contributed by atoms with van der Waals surface area (Å²) in [6, 6.07) is 3.58. The summed E-state index contributed by atoms with van der Waals surface area (Å²) in [6.45, 7) is 2.61. The molecular formula is C15H19F2N. The molecule has 0 saturated heterocycles. The average Bonchev–Trinajstić information content (AvgIpc) is 3.12. The van der Waals surface area contributed by atoms with Gasteiger partial charge in [-0.25, -0.2) is 8.78 Å². The predicted molar refractivity (Wildman–Crippen MR) is 67.6 cm³/mol. The number of nitrogens with one attached hydrogen (secondary N) is 1. The summed E-state index contributed by atoms with van der Waals surface area (Å²) in [7, 11) is 0. The lowest BCUT2D eigenvalue weighted by atomic mass is 9.69. The van der Waals surface area contributed by atoms with Crippen LogP contribution in [0.4, 0.5) is 8.78 Å². The Morgan fingerprint density at radius 3 is 2.56 bits per heavy atom. The molecule has 2 fully saturated rings. The molecule has 1 aromatic rings. The third-order valence-corrected chi connectivity index (χ3v) is 4.35. The number of halogens is 2. The van der Waals surface area contributed by atoms with E-state index in [0.717, 1.165) is 19.4 Å². The summed E-state index contributed by atoms with van der Waals surface area (Å²) in [5, 5.41) is 3.47. The van der Waals surface area contributed by atoms with Crippen LogP contribution in [0.3, 0.4) is 0 Å². The maximum atomic E-state index is 14.1. The molecule has 2 aliphatic carbocycles. The van der Waals surface area contributed by atoms with Gasteiger partial charge in [0.05, 0.1) is 0 Å².